The predicted molar refractivity (Wildman–Crippen MR) is 35.5 cm³/mol. The molecule has 0 aromatic heterocycles. The van der Waals surface area contributed by atoms with Gasteiger partial charge in [0.1, 0.15) is 0 Å². The maximum Gasteiger partial charge on any atom is 1.00 e. The molecule has 0 N–H and O–H groups in total. The summed E-state index contributed by atoms with van der Waals surface area (Å²) in [6.45, 7) is 0. The van der Waals surface area contributed by atoms with Crippen LogP contribution in [0.5, 0.6) is 0 Å². The largest absolute Gasteiger partial charge is 1.00 e. The SMILES string of the molecule is O=S(=O)([O-])C(F)(F)C(F)(F)C(F)(F)C(F)(F)C(F)F.[Li+]. The third-order valence-electron chi connectivity index (χ3n) is 1.77. The zero-order chi connectivity index (χ0) is 16.1. The first-order valence-electron chi connectivity index (χ1n) is 3.69. The molecule has 0 bridgehead atoms. The molecule has 0 saturated carbocycles. The predicted octanol–water partition coefficient (Wildman–Crippen LogP) is -0.701. The van der Waals surface area contributed by atoms with Gasteiger partial charge in [0.05, 0.1) is 0 Å². The summed E-state index contributed by atoms with van der Waals surface area (Å²) in [4.78, 5) is 0. The molecule has 0 radical (unpaired) electrons. The molecule has 0 saturated heterocycles. The van der Waals surface area contributed by atoms with Crippen molar-refractivity contribution in [1.82, 2.24) is 0 Å². The standard InChI is InChI=1S/C5H2F10O3S.Li/c6-1(7)2(8,9)3(10,11)4(12,13)5(14,15)19(16,17)18;/h1H,(H,16,17,18);/q;+1/p-1. The number of alkyl halides is 10. The normalized spacial score (nSPS) is 15.2. The molecule has 116 valence electrons. The molecular formula is C5HF10LiO3S. The first kappa shape index (κ1) is 22.1. The molecule has 0 aliphatic carbocycles. The monoisotopic (exact) mass is 338 g/mol. The fourth-order valence-electron chi connectivity index (χ4n) is 0.686. The Morgan fingerprint density at radius 1 is 0.800 bits per heavy atom. The Balaban J connectivity index is 0. The maximum atomic E-state index is 12.4. The molecule has 20 heavy (non-hydrogen) atoms. The van der Waals surface area contributed by atoms with E-state index < -0.39 is 39.6 Å². The molecule has 0 heterocycles. The fourth-order valence-corrected chi connectivity index (χ4v) is 1.13. The van der Waals surface area contributed by atoms with Gasteiger partial charge in [0.2, 0.25) is 0 Å². The van der Waals surface area contributed by atoms with Crippen molar-refractivity contribution in [2.75, 3.05) is 0 Å². The van der Waals surface area contributed by atoms with Crippen LogP contribution in [-0.4, -0.2) is 42.4 Å². The molecule has 0 aromatic carbocycles. The van der Waals surface area contributed by atoms with Crippen molar-refractivity contribution in [3.05, 3.63) is 0 Å². The zero-order valence-electron chi connectivity index (χ0n) is 8.99. The smallest absolute Gasteiger partial charge is 0.743 e. The van der Waals surface area contributed by atoms with Crippen LogP contribution in [0.15, 0.2) is 0 Å². The summed E-state index contributed by atoms with van der Waals surface area (Å²) < 4.78 is 151. The van der Waals surface area contributed by atoms with Crippen molar-refractivity contribution in [3.8, 4) is 0 Å². The van der Waals surface area contributed by atoms with Gasteiger partial charge in [-0.25, -0.2) is 17.2 Å². The van der Waals surface area contributed by atoms with Crippen molar-refractivity contribution >= 4 is 10.1 Å². The Kier molecular flexibility index (Phi) is 6.12. The molecule has 0 rings (SSSR count). The molecule has 15 heteroatoms. The molecule has 0 fully saturated rings. The van der Waals surface area contributed by atoms with Gasteiger partial charge in [-0.3, -0.25) is 0 Å². The minimum Gasteiger partial charge on any atom is -0.743 e. The molecule has 0 spiro atoms. The molecule has 0 aromatic rings. The van der Waals surface area contributed by atoms with Gasteiger partial charge in [-0.1, -0.05) is 0 Å². The van der Waals surface area contributed by atoms with E-state index in [0.717, 1.165) is 0 Å². The van der Waals surface area contributed by atoms with Gasteiger partial charge in [0, 0.05) is 0 Å². The number of halogens is 10. The average molecular weight is 338 g/mol. The zero-order valence-corrected chi connectivity index (χ0v) is 9.81. The van der Waals surface area contributed by atoms with E-state index in [1.54, 1.807) is 0 Å². The van der Waals surface area contributed by atoms with Crippen LogP contribution in [0.4, 0.5) is 43.9 Å². The van der Waals surface area contributed by atoms with Crippen LogP contribution in [0.3, 0.4) is 0 Å². The summed E-state index contributed by atoms with van der Waals surface area (Å²) in [5, 5.41) is -7.22. The minimum atomic E-state index is -7.56. The summed E-state index contributed by atoms with van der Waals surface area (Å²) in [5.41, 5.74) is 0. The summed E-state index contributed by atoms with van der Waals surface area (Å²) in [6, 6.07) is 0. The number of hydrogen-bond donors (Lipinski definition) is 0. The molecule has 3 nitrogen and oxygen atoms in total. The van der Waals surface area contributed by atoms with Crippen LogP contribution in [0.25, 0.3) is 0 Å². The van der Waals surface area contributed by atoms with Crippen LogP contribution >= 0.6 is 0 Å². The van der Waals surface area contributed by atoms with Crippen molar-refractivity contribution in [2.45, 2.75) is 29.4 Å². The molecular weight excluding hydrogens is 337 g/mol. The van der Waals surface area contributed by atoms with Gasteiger partial charge >= 0.3 is 48.3 Å². The summed E-state index contributed by atoms with van der Waals surface area (Å²) in [5.74, 6) is -22.0. The van der Waals surface area contributed by atoms with Crippen molar-refractivity contribution in [2.24, 2.45) is 0 Å². The molecule has 0 unspecified atom stereocenters. The van der Waals surface area contributed by atoms with Crippen LogP contribution in [0.1, 0.15) is 0 Å². The second kappa shape index (κ2) is 5.54. The van der Waals surface area contributed by atoms with E-state index in [4.69, 9.17) is 0 Å². The van der Waals surface area contributed by atoms with Crippen LogP contribution < -0.4 is 18.9 Å². The van der Waals surface area contributed by atoms with Crippen LogP contribution in [-0.2, 0) is 10.1 Å². The van der Waals surface area contributed by atoms with E-state index in [-0.39, 0.29) is 18.9 Å². The Morgan fingerprint density at radius 3 is 1.30 bits per heavy atom. The Labute approximate surface area is 116 Å². The van der Waals surface area contributed by atoms with Crippen molar-refractivity contribution in [1.29, 1.82) is 0 Å². The van der Waals surface area contributed by atoms with Gasteiger partial charge in [-0.2, -0.15) is 35.1 Å². The Hall–Kier alpha value is -0.193. The number of rotatable bonds is 5. The van der Waals surface area contributed by atoms with Gasteiger partial charge in [0.15, 0.2) is 10.1 Å². The topological polar surface area (TPSA) is 57.2 Å². The second-order valence-corrected chi connectivity index (χ2v) is 4.46. The fraction of sp³-hybridized carbons (Fsp3) is 1.00. The average Bonchev–Trinajstić information content (AvgIpc) is 2.14. The summed E-state index contributed by atoms with van der Waals surface area (Å²) >= 11 is 0. The van der Waals surface area contributed by atoms with Gasteiger partial charge in [-0.05, 0) is 0 Å². The van der Waals surface area contributed by atoms with Gasteiger partial charge in [-0.15, -0.1) is 0 Å². The third kappa shape index (κ3) is 2.88. The maximum absolute atomic E-state index is 12.4. The van der Waals surface area contributed by atoms with E-state index in [0.29, 0.717) is 0 Å². The quantitative estimate of drug-likeness (QED) is 0.379. The first-order valence-corrected chi connectivity index (χ1v) is 5.10. The van der Waals surface area contributed by atoms with E-state index in [1.807, 2.05) is 0 Å². The van der Waals surface area contributed by atoms with E-state index in [1.165, 1.54) is 0 Å². The van der Waals surface area contributed by atoms with Crippen molar-refractivity contribution < 1.29 is 75.7 Å². The van der Waals surface area contributed by atoms with Gasteiger partial charge in [0.25, 0.3) is 0 Å². The third-order valence-corrected chi connectivity index (χ3v) is 2.65. The molecule has 0 amide bonds. The van der Waals surface area contributed by atoms with Crippen molar-refractivity contribution in [3.63, 3.8) is 0 Å². The van der Waals surface area contributed by atoms with Crippen LogP contribution in [0, 0.1) is 0 Å². The van der Waals surface area contributed by atoms with E-state index in [2.05, 4.69) is 0 Å². The Bertz CT molecular complexity index is 446. The van der Waals surface area contributed by atoms with Crippen LogP contribution in [0.2, 0.25) is 0 Å². The first-order chi connectivity index (χ1) is 7.94. The molecule has 0 aliphatic rings. The summed E-state index contributed by atoms with van der Waals surface area (Å²) in [7, 11) is -7.52. The summed E-state index contributed by atoms with van der Waals surface area (Å²) in [6.07, 6.45) is -5.52. The Morgan fingerprint density at radius 2 is 1.10 bits per heavy atom. The molecule has 0 aliphatic heterocycles. The van der Waals surface area contributed by atoms with Gasteiger partial charge < -0.3 is 4.55 Å². The minimum absolute atomic E-state index is 0. The van der Waals surface area contributed by atoms with E-state index >= 15 is 0 Å². The van der Waals surface area contributed by atoms with E-state index in [9.17, 15) is 56.9 Å². The molecule has 0 atom stereocenters. The number of hydrogen-bond acceptors (Lipinski definition) is 3. The second-order valence-electron chi connectivity index (χ2n) is 3.04.